The molecule has 8 heteroatoms. The first-order valence-electron chi connectivity index (χ1n) is 7.12. The number of hydrogen-bond acceptors (Lipinski definition) is 5. The highest BCUT2D eigenvalue weighted by atomic mass is 16.6. The first kappa shape index (κ1) is 17.2. The minimum atomic E-state index is -1.12. The monoisotopic (exact) mass is 331 g/mol. The van der Waals surface area contributed by atoms with Crippen molar-refractivity contribution in [1.82, 2.24) is 10.2 Å². The zero-order valence-electron chi connectivity index (χ0n) is 13.4. The standard InChI is InChI=1S/C16H17N3O5/c1-9-13(16(21)22)14(15(10(2)17-9)18(3)8-20)11-4-6-12(7-5-11)19(23)24/h4-8,14,17H,1-3H3,(H,21,22). The Hall–Kier alpha value is -3.16. The van der Waals surface area contributed by atoms with E-state index in [1.54, 1.807) is 13.8 Å². The van der Waals surface area contributed by atoms with E-state index in [2.05, 4.69) is 5.32 Å². The number of carboxylic acids is 1. The van der Waals surface area contributed by atoms with Crippen LogP contribution in [0.15, 0.2) is 46.9 Å². The van der Waals surface area contributed by atoms with Crippen LogP contribution in [-0.4, -0.2) is 34.4 Å². The van der Waals surface area contributed by atoms with Crippen LogP contribution in [0, 0.1) is 10.1 Å². The number of non-ortho nitro benzene ring substituents is 1. The summed E-state index contributed by atoms with van der Waals surface area (Å²) in [5, 5.41) is 23.4. The van der Waals surface area contributed by atoms with Gasteiger partial charge in [-0.05, 0) is 19.4 Å². The number of dihydropyridines is 1. The number of nitrogens with one attached hydrogen (secondary N) is 1. The molecule has 0 bridgehead atoms. The lowest BCUT2D eigenvalue weighted by molar-refractivity contribution is -0.384. The van der Waals surface area contributed by atoms with Gasteiger partial charge in [0.2, 0.25) is 6.41 Å². The Morgan fingerprint density at radius 2 is 1.88 bits per heavy atom. The Morgan fingerprint density at radius 3 is 2.33 bits per heavy atom. The molecule has 126 valence electrons. The molecular formula is C16H17N3O5. The van der Waals surface area contributed by atoms with E-state index in [1.165, 1.54) is 36.2 Å². The fourth-order valence-corrected chi connectivity index (χ4v) is 2.90. The van der Waals surface area contributed by atoms with Crippen LogP contribution in [0.25, 0.3) is 0 Å². The van der Waals surface area contributed by atoms with Gasteiger partial charge >= 0.3 is 5.97 Å². The third kappa shape index (κ3) is 2.98. The van der Waals surface area contributed by atoms with Gasteiger partial charge in [0.1, 0.15) is 0 Å². The van der Waals surface area contributed by atoms with Crippen LogP contribution in [0.2, 0.25) is 0 Å². The molecule has 1 atom stereocenters. The Kier molecular flexibility index (Phi) is 4.68. The molecule has 1 heterocycles. The number of nitrogens with zero attached hydrogens (tertiary/aromatic N) is 2. The number of nitro benzene ring substituents is 1. The number of allylic oxidation sites excluding steroid dienone is 3. The number of aliphatic carboxylic acids is 1. The third-order valence-corrected chi connectivity index (χ3v) is 3.93. The lowest BCUT2D eigenvalue weighted by Crippen LogP contribution is -2.34. The summed E-state index contributed by atoms with van der Waals surface area (Å²) in [6.45, 7) is 3.39. The van der Waals surface area contributed by atoms with E-state index >= 15 is 0 Å². The predicted octanol–water partition coefficient (Wildman–Crippen LogP) is 1.96. The molecule has 0 saturated carbocycles. The second-order valence-electron chi connectivity index (χ2n) is 5.48. The van der Waals surface area contributed by atoms with E-state index in [1.807, 2.05) is 0 Å². The van der Waals surface area contributed by atoms with Gasteiger partial charge in [0, 0.05) is 30.6 Å². The molecule has 1 aliphatic heterocycles. The van der Waals surface area contributed by atoms with Gasteiger partial charge in [0.05, 0.1) is 22.1 Å². The smallest absolute Gasteiger partial charge is 0.334 e. The van der Waals surface area contributed by atoms with Gasteiger partial charge in [-0.1, -0.05) is 12.1 Å². The summed E-state index contributed by atoms with van der Waals surface area (Å²) >= 11 is 0. The van der Waals surface area contributed by atoms with Crippen molar-refractivity contribution in [3.05, 3.63) is 62.6 Å². The van der Waals surface area contributed by atoms with Crippen molar-refractivity contribution < 1.29 is 19.6 Å². The van der Waals surface area contributed by atoms with Gasteiger partial charge in [-0.25, -0.2) is 4.79 Å². The molecule has 0 saturated heterocycles. The van der Waals surface area contributed by atoms with Gasteiger partial charge in [-0.3, -0.25) is 14.9 Å². The van der Waals surface area contributed by atoms with E-state index < -0.39 is 16.8 Å². The van der Waals surface area contributed by atoms with Crippen LogP contribution in [0.4, 0.5) is 5.69 Å². The quantitative estimate of drug-likeness (QED) is 0.484. The fraction of sp³-hybridized carbons (Fsp3) is 0.250. The normalized spacial score (nSPS) is 17.4. The average Bonchev–Trinajstić information content (AvgIpc) is 2.53. The number of carboxylic acid groups (broad SMARTS) is 1. The molecule has 1 aliphatic rings. The highest BCUT2D eigenvalue weighted by Gasteiger charge is 2.35. The molecule has 24 heavy (non-hydrogen) atoms. The number of likely N-dealkylation sites (N-methyl/N-ethyl adjacent to an activating group) is 1. The summed E-state index contributed by atoms with van der Waals surface area (Å²) in [5.74, 6) is -1.83. The van der Waals surface area contributed by atoms with Gasteiger partial charge in [-0.15, -0.1) is 0 Å². The van der Waals surface area contributed by atoms with E-state index in [-0.39, 0.29) is 11.3 Å². The highest BCUT2D eigenvalue weighted by Crippen LogP contribution is 2.39. The minimum Gasteiger partial charge on any atom is -0.478 e. The number of hydrogen-bond donors (Lipinski definition) is 2. The number of carbonyl (C=O) groups is 2. The Morgan fingerprint density at radius 1 is 1.29 bits per heavy atom. The van der Waals surface area contributed by atoms with Crippen molar-refractivity contribution in [3.8, 4) is 0 Å². The van der Waals surface area contributed by atoms with Gasteiger partial charge in [0.25, 0.3) is 5.69 Å². The summed E-state index contributed by atoms with van der Waals surface area (Å²) in [4.78, 5) is 34.6. The summed E-state index contributed by atoms with van der Waals surface area (Å²) in [6.07, 6.45) is 0.596. The second kappa shape index (κ2) is 6.53. The average molecular weight is 331 g/mol. The van der Waals surface area contributed by atoms with E-state index in [0.717, 1.165) is 0 Å². The maximum absolute atomic E-state index is 11.8. The minimum absolute atomic E-state index is 0.0868. The largest absolute Gasteiger partial charge is 0.478 e. The van der Waals surface area contributed by atoms with Crippen LogP contribution in [-0.2, 0) is 9.59 Å². The van der Waals surface area contributed by atoms with Crippen LogP contribution in [0.5, 0.6) is 0 Å². The number of rotatable bonds is 5. The lowest BCUT2D eigenvalue weighted by Gasteiger charge is -2.33. The molecule has 0 fully saturated rings. The fourth-order valence-electron chi connectivity index (χ4n) is 2.90. The van der Waals surface area contributed by atoms with Crippen molar-refractivity contribution in [3.63, 3.8) is 0 Å². The van der Waals surface area contributed by atoms with Gasteiger partial charge < -0.3 is 15.3 Å². The van der Waals surface area contributed by atoms with Crippen LogP contribution in [0.1, 0.15) is 25.3 Å². The maximum Gasteiger partial charge on any atom is 0.334 e. The number of nitro groups is 1. The van der Waals surface area contributed by atoms with Crippen LogP contribution < -0.4 is 5.32 Å². The van der Waals surface area contributed by atoms with E-state index in [9.17, 15) is 24.8 Å². The third-order valence-electron chi connectivity index (χ3n) is 3.93. The Bertz CT molecular complexity index is 764. The van der Waals surface area contributed by atoms with Gasteiger partial charge in [0.15, 0.2) is 0 Å². The highest BCUT2D eigenvalue weighted by molar-refractivity contribution is 5.91. The lowest BCUT2D eigenvalue weighted by atomic mass is 9.83. The zero-order valence-corrected chi connectivity index (χ0v) is 13.4. The molecule has 0 radical (unpaired) electrons. The van der Waals surface area contributed by atoms with E-state index in [0.29, 0.717) is 29.1 Å². The maximum atomic E-state index is 11.8. The zero-order chi connectivity index (χ0) is 18.0. The summed E-state index contributed by atoms with van der Waals surface area (Å²) in [7, 11) is 1.53. The molecule has 0 spiro atoms. The van der Waals surface area contributed by atoms with Crippen molar-refractivity contribution in [2.75, 3.05) is 7.05 Å². The molecule has 2 rings (SSSR count). The Labute approximate surface area is 138 Å². The molecule has 8 nitrogen and oxygen atoms in total. The first-order chi connectivity index (χ1) is 11.3. The van der Waals surface area contributed by atoms with Gasteiger partial charge in [-0.2, -0.15) is 0 Å². The number of benzene rings is 1. The van der Waals surface area contributed by atoms with Crippen molar-refractivity contribution in [1.29, 1.82) is 0 Å². The molecular weight excluding hydrogens is 314 g/mol. The number of amides is 1. The summed E-state index contributed by atoms with van der Waals surface area (Å²) in [6, 6.07) is 5.66. The van der Waals surface area contributed by atoms with E-state index in [4.69, 9.17) is 0 Å². The molecule has 1 unspecified atom stereocenters. The van der Waals surface area contributed by atoms with Crippen molar-refractivity contribution in [2.24, 2.45) is 0 Å². The van der Waals surface area contributed by atoms with Crippen LogP contribution >= 0.6 is 0 Å². The van der Waals surface area contributed by atoms with Crippen molar-refractivity contribution in [2.45, 2.75) is 19.8 Å². The molecule has 1 aromatic carbocycles. The molecule has 1 aromatic rings. The second-order valence-corrected chi connectivity index (χ2v) is 5.48. The first-order valence-corrected chi connectivity index (χ1v) is 7.12. The predicted molar refractivity (Wildman–Crippen MR) is 85.8 cm³/mol. The van der Waals surface area contributed by atoms with Crippen molar-refractivity contribution >= 4 is 18.1 Å². The van der Waals surface area contributed by atoms with Crippen LogP contribution in [0.3, 0.4) is 0 Å². The molecule has 2 N–H and O–H groups in total. The Balaban J connectivity index is 2.64. The number of carbonyl (C=O) groups excluding carboxylic acids is 1. The SMILES string of the molecule is CC1=C(C(=O)O)C(c2ccc([N+](=O)[O-])cc2)C(N(C)C=O)=C(C)N1. The summed E-state index contributed by atoms with van der Waals surface area (Å²) in [5.41, 5.74) is 2.17. The topological polar surface area (TPSA) is 113 Å². The molecule has 0 aliphatic carbocycles. The molecule has 1 amide bonds. The molecule has 0 aromatic heterocycles. The summed E-state index contributed by atoms with van der Waals surface area (Å²) < 4.78 is 0.